The van der Waals surface area contributed by atoms with Gasteiger partial charge in [-0.05, 0) is 89.8 Å². The average Bonchev–Trinajstić information content (AvgIpc) is 1.61. The molecule has 0 aromatic carbocycles. The van der Waals surface area contributed by atoms with Crippen LogP contribution in [0, 0.1) is 38.4 Å². The zero-order valence-corrected chi connectivity index (χ0v) is 56.9. The van der Waals surface area contributed by atoms with E-state index in [1.54, 1.807) is 0 Å². The van der Waals surface area contributed by atoms with Crippen LogP contribution in [0.1, 0.15) is 203 Å². The van der Waals surface area contributed by atoms with Gasteiger partial charge >= 0.3 is 0 Å². The highest BCUT2D eigenvalue weighted by Gasteiger charge is 2.58. The van der Waals surface area contributed by atoms with Gasteiger partial charge in [-0.1, -0.05) is 138 Å². The van der Waals surface area contributed by atoms with Gasteiger partial charge in [0, 0.05) is 19.4 Å². The van der Waals surface area contributed by atoms with E-state index >= 15 is 0 Å². The van der Waals surface area contributed by atoms with Crippen LogP contribution in [0.4, 0.5) is 0 Å². The van der Waals surface area contributed by atoms with E-state index in [-0.39, 0.29) is 43.6 Å². The Morgan fingerprint density at radius 2 is 0.693 bits per heavy atom. The first kappa shape index (κ1) is 74.5. The zero-order valence-electron chi connectivity index (χ0n) is 56.9. The van der Waals surface area contributed by atoms with E-state index in [4.69, 9.17) is 61.6 Å². The molecule has 0 amide bonds. The lowest BCUT2D eigenvalue weighted by Gasteiger charge is -2.52. The molecule has 516 valence electrons. The summed E-state index contributed by atoms with van der Waals surface area (Å²) in [4.78, 5) is 0. The van der Waals surface area contributed by atoms with Crippen LogP contribution in [0.3, 0.4) is 0 Å². The van der Waals surface area contributed by atoms with Gasteiger partial charge in [0.25, 0.3) is 0 Å². The fourth-order valence-electron chi connectivity index (χ4n) is 13.5. The maximum atomic E-state index is 12.9. The molecular formula is C66H120O22. The lowest BCUT2D eigenvalue weighted by atomic mass is 9.83. The first-order valence-corrected chi connectivity index (χ1v) is 32.9. The summed E-state index contributed by atoms with van der Waals surface area (Å²) in [7, 11) is 0. The van der Waals surface area contributed by atoms with E-state index in [0.717, 1.165) is 6.42 Å². The van der Waals surface area contributed by atoms with Crippen molar-refractivity contribution in [1.82, 2.24) is 0 Å². The largest absolute Gasteiger partial charge is 0.390 e. The molecule has 28 unspecified atom stereocenters. The number of aliphatic hydroxyl groups excluding tert-OH is 9. The molecule has 22 saturated heterocycles. The van der Waals surface area contributed by atoms with Crippen molar-refractivity contribution >= 4 is 0 Å². The van der Waals surface area contributed by atoms with E-state index < -0.39 is 199 Å². The normalized spacial score (nSPS) is 44.1. The molecule has 9 N–H and O–H groups in total. The van der Waals surface area contributed by atoms with Crippen LogP contribution in [0.2, 0.25) is 0 Å². The Labute approximate surface area is 525 Å². The number of rotatable bonds is 11. The van der Waals surface area contributed by atoms with Crippen LogP contribution in [0.5, 0.6) is 0 Å². The second kappa shape index (κ2) is 29.2. The second-order valence-corrected chi connectivity index (χ2v) is 34.5. The standard InChI is InChI=1S/C66H120O22/c1-32(2)24-35-36-25-34(68)56(78-35)86-54-41(31-66(18,19)20)83-60(55(49(54)75)76-23-21-22-61(3,4)5)88-53-40(30-65(15,16)17)82-59(48(74)45(53)71)87-52-39(29-64(12,13)14)81-58(47(73)44(52)70)85-50-33(67)26-42(77-37(50)27-62(6,7)8)84-51-38(28-63(9,10)11)80-57(79-36)46(72)43(51)69/h32-60,67-75H,21-31H2,1-20H3. The number of hydrogen-bond acceptors (Lipinski definition) is 22. The molecule has 0 aromatic rings. The predicted molar refractivity (Wildman–Crippen MR) is 323 cm³/mol. The zero-order chi connectivity index (χ0) is 65.7. The lowest BCUT2D eigenvalue weighted by molar-refractivity contribution is -0.396. The number of ether oxygens (including phenoxy) is 13. The van der Waals surface area contributed by atoms with Crippen LogP contribution in [0.25, 0.3) is 0 Å². The molecular weight excluding hydrogens is 1140 g/mol. The van der Waals surface area contributed by atoms with Gasteiger partial charge in [0.05, 0.1) is 48.8 Å². The molecule has 0 saturated carbocycles. The molecule has 22 aliphatic rings. The lowest BCUT2D eigenvalue weighted by Crippen LogP contribution is -2.67. The molecule has 22 rings (SSSR count). The highest BCUT2D eigenvalue weighted by Crippen LogP contribution is 2.44. The Kier molecular flexibility index (Phi) is 24.7. The van der Waals surface area contributed by atoms with Crippen molar-refractivity contribution < 1.29 is 108 Å². The van der Waals surface area contributed by atoms with E-state index in [1.165, 1.54) is 0 Å². The maximum absolute atomic E-state index is 12.9. The Balaban J connectivity index is 1.32. The van der Waals surface area contributed by atoms with E-state index in [9.17, 15) is 46.0 Å². The molecule has 0 aliphatic carbocycles. The smallest absolute Gasteiger partial charge is 0.187 e. The van der Waals surface area contributed by atoms with Gasteiger partial charge in [-0.25, -0.2) is 0 Å². The van der Waals surface area contributed by atoms with Crippen molar-refractivity contribution in [1.29, 1.82) is 0 Å². The summed E-state index contributed by atoms with van der Waals surface area (Å²) in [5.41, 5.74) is -2.27. The minimum atomic E-state index is -1.81. The summed E-state index contributed by atoms with van der Waals surface area (Å²) in [5, 5.41) is 111. The van der Waals surface area contributed by atoms with E-state index in [2.05, 4.69) is 20.8 Å². The minimum Gasteiger partial charge on any atom is -0.390 e. The Morgan fingerprint density at radius 3 is 1.11 bits per heavy atom. The SMILES string of the molecule is CC(C)CC1OC2OC3C(CC(C)(C)C)OC(OC4C(CC(C)(C)C)OC(OC5C(CC(C)(C)C)OC(OC6C(O)CC(OC6CC(C)(C)C)OC6C(CC(C)(C)C)OC(OC1CC2O)C(O)C6O)C(O)C5O)C(O)C4O)C(OCCCC(C)(C)C)C3O. The van der Waals surface area contributed by atoms with Crippen molar-refractivity contribution in [3.8, 4) is 0 Å². The van der Waals surface area contributed by atoms with Gasteiger partial charge in [-0.3, -0.25) is 0 Å². The van der Waals surface area contributed by atoms with Crippen molar-refractivity contribution in [2.75, 3.05) is 6.61 Å². The van der Waals surface area contributed by atoms with Gasteiger partial charge < -0.3 is 108 Å². The Morgan fingerprint density at radius 1 is 0.341 bits per heavy atom. The third kappa shape index (κ3) is 20.3. The van der Waals surface area contributed by atoms with Gasteiger partial charge in [0.1, 0.15) is 85.5 Å². The van der Waals surface area contributed by atoms with Gasteiger partial charge in [-0.2, -0.15) is 0 Å². The molecule has 88 heavy (non-hydrogen) atoms. The minimum absolute atomic E-state index is 0.0364. The van der Waals surface area contributed by atoms with Crippen molar-refractivity contribution in [2.24, 2.45) is 38.4 Å². The average molecular weight is 1270 g/mol. The molecule has 0 radical (unpaired) electrons. The van der Waals surface area contributed by atoms with E-state index in [1.807, 2.05) is 118 Å². The van der Waals surface area contributed by atoms with Crippen LogP contribution in [-0.2, 0) is 61.6 Å². The number of aliphatic hydroxyl groups is 9. The van der Waals surface area contributed by atoms with Gasteiger partial charge in [-0.15, -0.1) is 0 Å². The Hall–Kier alpha value is -0.880. The fraction of sp³-hybridized carbons (Fsp3) is 1.00. The molecule has 22 nitrogen and oxygen atoms in total. The predicted octanol–water partition coefficient (Wildman–Crippen LogP) is 6.13. The van der Waals surface area contributed by atoms with Crippen LogP contribution < -0.4 is 0 Å². The fourth-order valence-corrected chi connectivity index (χ4v) is 13.5. The Bertz CT molecular complexity index is 2130. The topological polar surface area (TPSA) is 302 Å². The molecule has 28 atom stereocenters. The van der Waals surface area contributed by atoms with Crippen molar-refractivity contribution in [3.63, 3.8) is 0 Å². The summed E-state index contributed by atoms with van der Waals surface area (Å²) in [6.07, 6.45) is -33.9. The van der Waals surface area contributed by atoms with Crippen molar-refractivity contribution in [3.05, 3.63) is 0 Å². The summed E-state index contributed by atoms with van der Waals surface area (Å²) < 4.78 is 87.2. The first-order valence-electron chi connectivity index (χ1n) is 32.9. The monoisotopic (exact) mass is 1260 g/mol. The summed E-state index contributed by atoms with van der Waals surface area (Å²) in [6, 6.07) is 0. The molecule has 22 aliphatic heterocycles. The summed E-state index contributed by atoms with van der Waals surface area (Å²) in [6.45, 7) is 40.4. The quantitative estimate of drug-likeness (QED) is 0.105. The molecule has 22 heterocycles. The molecule has 0 spiro atoms. The third-order valence-corrected chi connectivity index (χ3v) is 17.5. The van der Waals surface area contributed by atoms with Crippen LogP contribution >= 0.6 is 0 Å². The van der Waals surface area contributed by atoms with Gasteiger partial charge in [0.2, 0.25) is 0 Å². The highest BCUT2D eigenvalue weighted by atomic mass is 16.8. The summed E-state index contributed by atoms with van der Waals surface area (Å²) in [5.74, 6) is 0.0364. The third-order valence-electron chi connectivity index (χ3n) is 17.5. The number of hydrogen-bond donors (Lipinski definition) is 9. The van der Waals surface area contributed by atoms with Crippen LogP contribution in [0.15, 0.2) is 0 Å². The maximum Gasteiger partial charge on any atom is 0.187 e. The molecule has 12 bridgehead atoms. The van der Waals surface area contributed by atoms with E-state index in [0.29, 0.717) is 32.1 Å². The van der Waals surface area contributed by atoms with Crippen molar-refractivity contribution in [2.45, 2.75) is 375 Å². The molecule has 22 heteroatoms. The van der Waals surface area contributed by atoms with Crippen LogP contribution in [-0.4, -0.2) is 225 Å². The highest BCUT2D eigenvalue weighted by molar-refractivity contribution is 5.02. The molecule has 22 fully saturated rings. The van der Waals surface area contributed by atoms with Gasteiger partial charge in [0.15, 0.2) is 37.7 Å². The summed E-state index contributed by atoms with van der Waals surface area (Å²) >= 11 is 0. The molecule has 0 aromatic heterocycles. The second-order valence-electron chi connectivity index (χ2n) is 34.5. The first-order chi connectivity index (χ1) is 40.3.